The highest BCUT2D eigenvalue weighted by Gasteiger charge is 2.33. The lowest BCUT2D eigenvalue weighted by atomic mass is 10.0. The van der Waals surface area contributed by atoms with E-state index in [1.54, 1.807) is 12.1 Å². The smallest absolute Gasteiger partial charge is 0.315 e. The number of carbonyl (C=O) groups is 1. The molecular formula is C17H25FN2O2. The Hall–Kier alpha value is -1.62. The van der Waals surface area contributed by atoms with E-state index < -0.39 is 6.10 Å². The first-order valence-corrected chi connectivity index (χ1v) is 7.95. The van der Waals surface area contributed by atoms with E-state index in [-0.39, 0.29) is 23.8 Å². The van der Waals surface area contributed by atoms with Crippen molar-refractivity contribution in [3.05, 3.63) is 35.6 Å². The summed E-state index contributed by atoms with van der Waals surface area (Å²) in [5.41, 5.74) is 0.932. The van der Waals surface area contributed by atoms with Crippen LogP contribution in [0.2, 0.25) is 0 Å². The van der Waals surface area contributed by atoms with E-state index in [0.29, 0.717) is 18.9 Å². The van der Waals surface area contributed by atoms with Gasteiger partial charge in [0, 0.05) is 6.54 Å². The number of carbonyl (C=O) groups excluding carboxylic acids is 1. The molecule has 0 aromatic heterocycles. The van der Waals surface area contributed by atoms with E-state index in [1.165, 1.54) is 12.1 Å². The molecule has 0 radical (unpaired) electrons. The number of amides is 2. The van der Waals surface area contributed by atoms with Gasteiger partial charge in [0.05, 0.1) is 12.1 Å². The minimum absolute atomic E-state index is 0.0735. The number of aliphatic hydroxyl groups is 1. The van der Waals surface area contributed by atoms with E-state index in [1.807, 2.05) is 13.8 Å². The van der Waals surface area contributed by atoms with Crippen molar-refractivity contribution in [2.45, 2.75) is 45.3 Å². The second-order valence-electron chi connectivity index (χ2n) is 6.37. The molecule has 0 heterocycles. The minimum atomic E-state index is -0.406. The fraction of sp³-hybridized carbons (Fsp3) is 0.588. The van der Waals surface area contributed by atoms with Crippen LogP contribution in [0.15, 0.2) is 24.3 Å². The number of urea groups is 1. The topological polar surface area (TPSA) is 61.4 Å². The largest absolute Gasteiger partial charge is 0.393 e. The zero-order chi connectivity index (χ0) is 16.1. The zero-order valence-corrected chi connectivity index (χ0v) is 13.2. The van der Waals surface area contributed by atoms with Crippen LogP contribution in [-0.4, -0.2) is 23.8 Å². The summed E-state index contributed by atoms with van der Waals surface area (Å²) in [5.74, 6) is 0.339. The fourth-order valence-electron chi connectivity index (χ4n) is 2.43. The molecule has 122 valence electrons. The van der Waals surface area contributed by atoms with Gasteiger partial charge < -0.3 is 15.7 Å². The van der Waals surface area contributed by atoms with E-state index >= 15 is 0 Å². The number of aliphatic hydroxyl groups excluding tert-OH is 1. The molecule has 2 atom stereocenters. The van der Waals surface area contributed by atoms with Gasteiger partial charge in [0.25, 0.3) is 0 Å². The Morgan fingerprint density at radius 1 is 1.32 bits per heavy atom. The van der Waals surface area contributed by atoms with Crippen LogP contribution in [0.1, 0.15) is 44.7 Å². The average Bonchev–Trinajstić information content (AvgIpc) is 3.30. The van der Waals surface area contributed by atoms with Crippen molar-refractivity contribution in [1.82, 2.24) is 10.6 Å². The van der Waals surface area contributed by atoms with Gasteiger partial charge in [-0.15, -0.1) is 0 Å². The molecule has 1 saturated carbocycles. The maximum absolute atomic E-state index is 13.0. The predicted octanol–water partition coefficient (Wildman–Crippen LogP) is 2.98. The van der Waals surface area contributed by atoms with Crippen LogP contribution < -0.4 is 10.6 Å². The van der Waals surface area contributed by atoms with Crippen LogP contribution in [-0.2, 0) is 0 Å². The lowest BCUT2D eigenvalue weighted by Crippen LogP contribution is -2.40. The van der Waals surface area contributed by atoms with Gasteiger partial charge in [0.1, 0.15) is 5.82 Å². The number of hydrogen-bond acceptors (Lipinski definition) is 2. The molecular weight excluding hydrogens is 283 g/mol. The monoisotopic (exact) mass is 308 g/mol. The Morgan fingerprint density at radius 2 is 1.95 bits per heavy atom. The summed E-state index contributed by atoms with van der Waals surface area (Å²) in [6.07, 6.45) is 2.29. The van der Waals surface area contributed by atoms with Gasteiger partial charge in [-0.2, -0.15) is 0 Å². The van der Waals surface area contributed by atoms with Crippen molar-refractivity contribution in [3.63, 3.8) is 0 Å². The number of halogens is 1. The summed E-state index contributed by atoms with van der Waals surface area (Å²) in [7, 11) is 0. The van der Waals surface area contributed by atoms with E-state index in [0.717, 1.165) is 18.4 Å². The maximum atomic E-state index is 13.0. The summed E-state index contributed by atoms with van der Waals surface area (Å²) in [5, 5.41) is 15.5. The van der Waals surface area contributed by atoms with Gasteiger partial charge in [-0.05, 0) is 48.8 Å². The fourth-order valence-corrected chi connectivity index (χ4v) is 2.43. The maximum Gasteiger partial charge on any atom is 0.315 e. The first-order chi connectivity index (χ1) is 10.5. The van der Waals surface area contributed by atoms with E-state index in [4.69, 9.17) is 0 Å². The van der Waals surface area contributed by atoms with Crippen LogP contribution >= 0.6 is 0 Å². The Labute approximate surface area is 131 Å². The summed E-state index contributed by atoms with van der Waals surface area (Å²) >= 11 is 0. The quantitative estimate of drug-likeness (QED) is 0.725. The molecule has 1 aliphatic carbocycles. The third-order valence-electron chi connectivity index (χ3n) is 4.10. The highest BCUT2D eigenvalue weighted by atomic mass is 19.1. The average molecular weight is 308 g/mol. The Bertz CT molecular complexity index is 486. The van der Waals surface area contributed by atoms with Crippen LogP contribution in [0, 0.1) is 17.7 Å². The molecule has 4 nitrogen and oxygen atoms in total. The molecule has 2 unspecified atom stereocenters. The lowest BCUT2D eigenvalue weighted by Gasteiger charge is -2.20. The summed E-state index contributed by atoms with van der Waals surface area (Å²) < 4.78 is 13.0. The highest BCUT2D eigenvalue weighted by Crippen LogP contribution is 2.40. The number of rotatable bonds is 7. The Balaban J connectivity index is 1.83. The van der Waals surface area contributed by atoms with Gasteiger partial charge in [-0.3, -0.25) is 0 Å². The van der Waals surface area contributed by atoms with Crippen LogP contribution in [0.4, 0.5) is 9.18 Å². The van der Waals surface area contributed by atoms with E-state index in [9.17, 15) is 14.3 Å². The van der Waals surface area contributed by atoms with Crippen LogP contribution in [0.25, 0.3) is 0 Å². The molecule has 2 rings (SSSR count). The lowest BCUT2D eigenvalue weighted by molar-refractivity contribution is 0.116. The number of hydrogen-bond donors (Lipinski definition) is 3. The molecule has 0 spiro atoms. The first kappa shape index (κ1) is 16.7. The number of benzene rings is 1. The molecule has 1 aliphatic rings. The van der Waals surface area contributed by atoms with Gasteiger partial charge >= 0.3 is 6.03 Å². The normalized spacial score (nSPS) is 17.1. The van der Waals surface area contributed by atoms with Gasteiger partial charge in [-0.1, -0.05) is 26.0 Å². The third-order valence-corrected chi connectivity index (χ3v) is 4.10. The van der Waals surface area contributed by atoms with Crippen molar-refractivity contribution >= 4 is 6.03 Å². The third kappa shape index (κ3) is 4.98. The Kier molecular flexibility index (Phi) is 5.77. The molecule has 0 bridgehead atoms. The van der Waals surface area contributed by atoms with Gasteiger partial charge in [-0.25, -0.2) is 9.18 Å². The standard InChI is InChI=1S/C17H25FN2O2/c1-11(2)15(21)9-10-19-17(22)20-16(12-3-4-12)13-5-7-14(18)8-6-13/h5-8,11-12,15-16,21H,3-4,9-10H2,1-2H3,(H2,19,20,22). The summed E-state index contributed by atoms with van der Waals surface area (Å²) in [6.45, 7) is 4.33. The molecule has 1 aromatic rings. The number of nitrogens with one attached hydrogen (secondary N) is 2. The van der Waals surface area contributed by atoms with Crippen molar-refractivity contribution in [2.24, 2.45) is 11.8 Å². The SMILES string of the molecule is CC(C)C(O)CCNC(=O)NC(c1ccc(F)cc1)C1CC1. The first-order valence-electron chi connectivity index (χ1n) is 7.95. The molecule has 22 heavy (non-hydrogen) atoms. The Morgan fingerprint density at radius 3 is 2.50 bits per heavy atom. The summed E-state index contributed by atoms with van der Waals surface area (Å²) in [4.78, 5) is 12.0. The van der Waals surface area contributed by atoms with Crippen molar-refractivity contribution in [3.8, 4) is 0 Å². The summed E-state index contributed by atoms with van der Waals surface area (Å²) in [6, 6.07) is 5.97. The molecule has 5 heteroatoms. The van der Waals surface area contributed by atoms with Crippen LogP contribution in [0.5, 0.6) is 0 Å². The predicted molar refractivity (Wildman–Crippen MR) is 83.9 cm³/mol. The second-order valence-corrected chi connectivity index (χ2v) is 6.37. The minimum Gasteiger partial charge on any atom is -0.393 e. The molecule has 2 amide bonds. The van der Waals surface area contributed by atoms with Crippen molar-refractivity contribution < 1.29 is 14.3 Å². The van der Waals surface area contributed by atoms with Gasteiger partial charge in [0.2, 0.25) is 0 Å². The van der Waals surface area contributed by atoms with E-state index in [2.05, 4.69) is 10.6 Å². The molecule has 0 saturated heterocycles. The molecule has 3 N–H and O–H groups in total. The highest BCUT2D eigenvalue weighted by molar-refractivity contribution is 5.74. The molecule has 1 fully saturated rings. The van der Waals surface area contributed by atoms with Crippen molar-refractivity contribution in [2.75, 3.05) is 6.54 Å². The van der Waals surface area contributed by atoms with Gasteiger partial charge in [0.15, 0.2) is 0 Å². The molecule has 0 aliphatic heterocycles. The van der Waals surface area contributed by atoms with Crippen molar-refractivity contribution in [1.29, 1.82) is 0 Å². The zero-order valence-electron chi connectivity index (χ0n) is 13.2. The van der Waals surface area contributed by atoms with Crippen LogP contribution in [0.3, 0.4) is 0 Å². The molecule has 1 aromatic carbocycles. The second kappa shape index (κ2) is 7.58.